The highest BCUT2D eigenvalue weighted by molar-refractivity contribution is 8.00. The lowest BCUT2D eigenvalue weighted by atomic mass is 9.90. The number of amides is 1. The van der Waals surface area contributed by atoms with Crippen molar-refractivity contribution in [1.82, 2.24) is 4.90 Å². The monoisotopic (exact) mass is 299 g/mol. The second kappa shape index (κ2) is 4.50. The van der Waals surface area contributed by atoms with Crippen LogP contribution in [0.4, 0.5) is 0 Å². The van der Waals surface area contributed by atoms with Crippen molar-refractivity contribution in [2.75, 3.05) is 0 Å². The molecule has 2 aliphatic rings. The molecule has 102 valence electrons. The first kappa shape index (κ1) is 13.0. The molecule has 3 heterocycles. The molecule has 2 aliphatic heterocycles. The van der Waals surface area contributed by atoms with Crippen molar-refractivity contribution in [2.45, 2.75) is 29.7 Å². The van der Waals surface area contributed by atoms with Crippen LogP contribution in [0.2, 0.25) is 0 Å². The molecule has 0 bridgehead atoms. The molecule has 1 aromatic rings. The summed E-state index contributed by atoms with van der Waals surface area (Å²) in [5.74, 6) is -1.71. The lowest BCUT2D eigenvalue weighted by molar-refractivity contribution is -0.167. The van der Waals surface area contributed by atoms with Gasteiger partial charge in [-0.2, -0.15) is 0 Å². The van der Waals surface area contributed by atoms with Crippen molar-refractivity contribution in [3.63, 3.8) is 0 Å². The second-order valence-electron chi connectivity index (χ2n) is 4.76. The number of aliphatic hydroxyl groups excluding tert-OH is 1. The molecule has 1 unspecified atom stereocenters. The number of carboxylic acid groups (broad SMARTS) is 1. The summed E-state index contributed by atoms with van der Waals surface area (Å²) in [6, 6.07) is 2.95. The largest absolute Gasteiger partial charge is 0.480 e. The summed E-state index contributed by atoms with van der Waals surface area (Å²) in [6.45, 7) is 1.58. The van der Waals surface area contributed by atoms with E-state index in [9.17, 15) is 19.8 Å². The fraction of sp³-hybridized carbons (Fsp3) is 0.500. The fourth-order valence-electron chi connectivity index (χ4n) is 2.70. The number of hydrogen-bond acceptors (Lipinski definition) is 5. The Hall–Kier alpha value is -1.05. The number of β-lactam (4-membered cyclic amide) rings is 1. The second-order valence-corrected chi connectivity index (χ2v) is 7.00. The molecule has 5 nitrogen and oxygen atoms in total. The molecule has 3 rings (SSSR count). The zero-order valence-corrected chi connectivity index (χ0v) is 11.7. The molecule has 0 spiro atoms. The van der Waals surface area contributed by atoms with E-state index < -0.39 is 24.0 Å². The van der Waals surface area contributed by atoms with Crippen LogP contribution in [0.3, 0.4) is 0 Å². The van der Waals surface area contributed by atoms with Gasteiger partial charge >= 0.3 is 5.97 Å². The van der Waals surface area contributed by atoms with Crippen LogP contribution in [0.1, 0.15) is 17.1 Å². The molecule has 7 heteroatoms. The van der Waals surface area contributed by atoms with Crippen LogP contribution in [0, 0.1) is 5.92 Å². The Kier molecular flexibility index (Phi) is 3.07. The van der Waals surface area contributed by atoms with Crippen LogP contribution < -0.4 is 0 Å². The van der Waals surface area contributed by atoms with E-state index in [0.717, 1.165) is 4.88 Å². The van der Waals surface area contributed by atoms with Crippen LogP contribution >= 0.6 is 23.1 Å². The number of fused-ring (bicyclic) bond motifs is 1. The number of thiophene rings is 1. The first-order valence-corrected chi connectivity index (χ1v) is 7.76. The molecule has 0 aliphatic carbocycles. The van der Waals surface area contributed by atoms with Gasteiger partial charge in [0.1, 0.15) is 6.04 Å². The number of aliphatic carboxylic acids is 1. The minimum Gasteiger partial charge on any atom is -0.480 e. The Morgan fingerprint density at radius 2 is 2.26 bits per heavy atom. The predicted octanol–water partition coefficient (Wildman–Crippen LogP) is 1.15. The maximum atomic E-state index is 12.0. The smallest absolute Gasteiger partial charge is 0.328 e. The number of carboxylic acids is 1. The molecule has 2 fully saturated rings. The van der Waals surface area contributed by atoms with Crippen LogP contribution in [0.15, 0.2) is 17.5 Å². The molecule has 0 aromatic carbocycles. The summed E-state index contributed by atoms with van der Waals surface area (Å²) in [7, 11) is 0. The molecule has 2 saturated heterocycles. The van der Waals surface area contributed by atoms with Gasteiger partial charge in [0.25, 0.3) is 0 Å². The Morgan fingerprint density at radius 3 is 2.79 bits per heavy atom. The SMILES string of the molecule is CC(O)[C@@H]1C(=O)N2[C@@H]1S[C@@H](c1cccs1)[C@H]2C(=O)O. The predicted molar refractivity (Wildman–Crippen MR) is 71.9 cm³/mol. The topological polar surface area (TPSA) is 77.8 Å². The third-order valence-corrected chi connectivity index (χ3v) is 6.30. The third kappa shape index (κ3) is 1.79. The number of carbonyl (C=O) groups excluding carboxylic acids is 1. The van der Waals surface area contributed by atoms with E-state index >= 15 is 0 Å². The van der Waals surface area contributed by atoms with Crippen molar-refractivity contribution in [3.05, 3.63) is 22.4 Å². The minimum atomic E-state index is -0.981. The van der Waals surface area contributed by atoms with Gasteiger partial charge in [0.05, 0.1) is 22.6 Å². The van der Waals surface area contributed by atoms with Crippen LogP contribution in [-0.4, -0.2) is 44.5 Å². The third-order valence-electron chi connectivity index (χ3n) is 3.59. The van der Waals surface area contributed by atoms with Crippen LogP contribution in [-0.2, 0) is 9.59 Å². The molecule has 2 N–H and O–H groups in total. The Bertz CT molecular complexity index is 516. The molecule has 1 amide bonds. The number of rotatable bonds is 3. The van der Waals surface area contributed by atoms with Crippen molar-refractivity contribution in [1.29, 1.82) is 0 Å². The van der Waals surface area contributed by atoms with Crippen molar-refractivity contribution in [3.8, 4) is 0 Å². The average molecular weight is 299 g/mol. The standard InChI is InChI=1S/C12H13NO4S2/c1-5(14)7-10(15)13-8(12(16)17)9(19-11(7)13)6-3-2-4-18-6/h2-5,7-9,11,14H,1H3,(H,16,17)/t5?,7-,8+,9+,11-/m1/s1. The van der Waals surface area contributed by atoms with Gasteiger partial charge in [0.15, 0.2) is 0 Å². The van der Waals surface area contributed by atoms with E-state index in [4.69, 9.17) is 0 Å². The first-order valence-electron chi connectivity index (χ1n) is 5.94. The van der Waals surface area contributed by atoms with Gasteiger partial charge in [-0.3, -0.25) is 4.79 Å². The number of carbonyl (C=O) groups is 2. The summed E-state index contributed by atoms with van der Waals surface area (Å²) < 4.78 is 0. The summed E-state index contributed by atoms with van der Waals surface area (Å²) in [4.78, 5) is 25.8. The van der Waals surface area contributed by atoms with E-state index in [1.165, 1.54) is 28.0 Å². The average Bonchev–Trinajstić information content (AvgIpc) is 2.92. The van der Waals surface area contributed by atoms with E-state index in [2.05, 4.69) is 0 Å². The number of aliphatic hydroxyl groups is 1. The first-order chi connectivity index (χ1) is 9.02. The van der Waals surface area contributed by atoms with Gasteiger partial charge < -0.3 is 15.1 Å². The van der Waals surface area contributed by atoms with Gasteiger partial charge in [-0.1, -0.05) is 6.07 Å². The summed E-state index contributed by atoms with van der Waals surface area (Å²) in [6.07, 6.45) is -0.738. The van der Waals surface area contributed by atoms with Crippen molar-refractivity contribution in [2.24, 2.45) is 5.92 Å². The maximum absolute atomic E-state index is 12.0. The Labute approximate surface area is 118 Å². The Morgan fingerprint density at radius 1 is 1.53 bits per heavy atom. The quantitative estimate of drug-likeness (QED) is 0.819. The molecule has 5 atom stereocenters. The zero-order valence-electron chi connectivity index (χ0n) is 10.1. The molecule has 0 saturated carbocycles. The van der Waals surface area contributed by atoms with Gasteiger partial charge in [-0.15, -0.1) is 23.1 Å². The normalized spacial score (nSPS) is 34.8. The summed E-state index contributed by atoms with van der Waals surface area (Å²) >= 11 is 2.97. The molecule has 1 aromatic heterocycles. The van der Waals surface area contributed by atoms with E-state index in [1.54, 1.807) is 6.92 Å². The highest BCUT2D eigenvalue weighted by Crippen LogP contribution is 2.55. The fourth-order valence-corrected chi connectivity index (χ4v) is 5.55. The van der Waals surface area contributed by atoms with E-state index in [-0.39, 0.29) is 16.5 Å². The molecular weight excluding hydrogens is 286 g/mol. The molecule has 0 radical (unpaired) electrons. The van der Waals surface area contributed by atoms with Crippen LogP contribution in [0.25, 0.3) is 0 Å². The number of nitrogens with zero attached hydrogens (tertiary/aromatic N) is 1. The maximum Gasteiger partial charge on any atom is 0.328 e. The van der Waals surface area contributed by atoms with E-state index in [1.807, 2.05) is 17.5 Å². The van der Waals surface area contributed by atoms with Gasteiger partial charge in [0.2, 0.25) is 5.91 Å². The highest BCUT2D eigenvalue weighted by Gasteiger charge is 2.62. The van der Waals surface area contributed by atoms with Crippen molar-refractivity contribution < 1.29 is 19.8 Å². The Balaban J connectivity index is 1.92. The summed E-state index contributed by atoms with van der Waals surface area (Å²) in [5, 5.41) is 20.4. The zero-order chi connectivity index (χ0) is 13.7. The van der Waals surface area contributed by atoms with Gasteiger partial charge in [-0.05, 0) is 18.4 Å². The molecular formula is C12H13NO4S2. The number of hydrogen-bond donors (Lipinski definition) is 2. The lowest BCUT2D eigenvalue weighted by Crippen LogP contribution is -2.64. The van der Waals surface area contributed by atoms with Gasteiger partial charge in [-0.25, -0.2) is 4.79 Å². The van der Waals surface area contributed by atoms with E-state index in [0.29, 0.717) is 0 Å². The number of thioether (sulfide) groups is 1. The van der Waals surface area contributed by atoms with Crippen LogP contribution in [0.5, 0.6) is 0 Å². The summed E-state index contributed by atoms with van der Waals surface area (Å²) in [5.41, 5.74) is 0. The molecule has 19 heavy (non-hydrogen) atoms. The highest BCUT2D eigenvalue weighted by atomic mass is 32.2. The van der Waals surface area contributed by atoms with Gasteiger partial charge in [0, 0.05) is 4.88 Å². The lowest BCUT2D eigenvalue weighted by Gasteiger charge is -2.44. The van der Waals surface area contributed by atoms with Crippen molar-refractivity contribution >= 4 is 35.0 Å². The minimum absolute atomic E-state index is 0.222.